The SMILES string of the molecule is CC1(C)C[C]2CCCCCCCCC21. The van der Waals surface area contributed by atoms with Crippen molar-refractivity contribution in [2.75, 3.05) is 0 Å². The van der Waals surface area contributed by atoms with Crippen LogP contribution in [0.15, 0.2) is 0 Å². The van der Waals surface area contributed by atoms with Gasteiger partial charge < -0.3 is 0 Å². The molecule has 81 valence electrons. The lowest BCUT2D eigenvalue weighted by atomic mass is 9.53. The van der Waals surface area contributed by atoms with Crippen molar-refractivity contribution in [3.63, 3.8) is 0 Å². The Morgan fingerprint density at radius 2 is 1.57 bits per heavy atom. The monoisotopic (exact) mass is 193 g/mol. The molecular weight excluding hydrogens is 168 g/mol. The summed E-state index contributed by atoms with van der Waals surface area (Å²) in [5, 5.41) is 0. The molecule has 0 N–H and O–H groups in total. The fourth-order valence-electron chi connectivity index (χ4n) is 3.52. The number of rotatable bonds is 0. The van der Waals surface area contributed by atoms with Gasteiger partial charge in [-0.2, -0.15) is 0 Å². The minimum absolute atomic E-state index is 0.647. The van der Waals surface area contributed by atoms with Crippen molar-refractivity contribution in [3.8, 4) is 0 Å². The van der Waals surface area contributed by atoms with Crippen molar-refractivity contribution in [2.24, 2.45) is 11.3 Å². The minimum atomic E-state index is 0.647. The van der Waals surface area contributed by atoms with Crippen molar-refractivity contribution < 1.29 is 0 Å². The van der Waals surface area contributed by atoms with E-state index in [1.165, 1.54) is 57.8 Å². The molecule has 0 bridgehead atoms. The maximum atomic E-state index is 2.47. The van der Waals surface area contributed by atoms with Crippen LogP contribution in [0.2, 0.25) is 0 Å². The molecule has 0 heteroatoms. The van der Waals surface area contributed by atoms with E-state index in [4.69, 9.17) is 0 Å². The van der Waals surface area contributed by atoms with Crippen LogP contribution in [0, 0.1) is 17.3 Å². The molecule has 2 saturated carbocycles. The van der Waals surface area contributed by atoms with E-state index in [-0.39, 0.29) is 0 Å². The molecule has 1 unspecified atom stereocenters. The molecule has 0 amide bonds. The second kappa shape index (κ2) is 4.24. The Hall–Kier alpha value is 0. The molecule has 14 heavy (non-hydrogen) atoms. The van der Waals surface area contributed by atoms with E-state index >= 15 is 0 Å². The van der Waals surface area contributed by atoms with E-state index in [2.05, 4.69) is 13.8 Å². The molecule has 0 heterocycles. The maximum absolute atomic E-state index is 2.47. The average Bonchev–Trinajstić information content (AvgIpc) is 2.14. The van der Waals surface area contributed by atoms with Crippen molar-refractivity contribution in [1.29, 1.82) is 0 Å². The number of hydrogen-bond acceptors (Lipinski definition) is 0. The zero-order chi connectivity index (χ0) is 10.0. The lowest BCUT2D eigenvalue weighted by Crippen LogP contribution is -2.42. The van der Waals surface area contributed by atoms with Crippen LogP contribution in [0.1, 0.15) is 71.6 Å². The van der Waals surface area contributed by atoms with Gasteiger partial charge in [-0.25, -0.2) is 0 Å². The van der Waals surface area contributed by atoms with Gasteiger partial charge in [0.2, 0.25) is 0 Å². The Labute approximate surface area is 89.5 Å². The smallest absolute Gasteiger partial charge is 0.0199 e. The minimum Gasteiger partial charge on any atom is -0.0596 e. The van der Waals surface area contributed by atoms with Gasteiger partial charge in [-0.1, -0.05) is 52.4 Å². The third kappa shape index (κ3) is 2.15. The molecule has 2 fully saturated rings. The third-order valence-electron chi connectivity index (χ3n) is 4.36. The van der Waals surface area contributed by atoms with Gasteiger partial charge in [0.1, 0.15) is 0 Å². The first kappa shape index (κ1) is 10.5. The van der Waals surface area contributed by atoms with Crippen LogP contribution in [-0.2, 0) is 0 Å². The summed E-state index contributed by atoms with van der Waals surface area (Å²) in [5.74, 6) is 2.90. The Bertz CT molecular complexity index is 180. The van der Waals surface area contributed by atoms with Crippen LogP contribution in [0.3, 0.4) is 0 Å². The summed E-state index contributed by atoms with van der Waals surface area (Å²) in [6.07, 6.45) is 13.3. The van der Waals surface area contributed by atoms with E-state index in [1.807, 2.05) is 5.92 Å². The van der Waals surface area contributed by atoms with Crippen molar-refractivity contribution in [3.05, 3.63) is 5.92 Å². The van der Waals surface area contributed by atoms with Crippen molar-refractivity contribution in [1.82, 2.24) is 0 Å². The van der Waals surface area contributed by atoms with Crippen molar-refractivity contribution in [2.45, 2.75) is 71.6 Å². The zero-order valence-electron chi connectivity index (χ0n) is 9.94. The first-order valence-electron chi connectivity index (χ1n) is 6.55. The van der Waals surface area contributed by atoms with E-state index in [0.717, 1.165) is 5.92 Å². The molecule has 1 atom stereocenters. The van der Waals surface area contributed by atoms with Gasteiger partial charge >= 0.3 is 0 Å². The highest BCUT2D eigenvalue weighted by Gasteiger charge is 2.46. The second-order valence-corrected chi connectivity index (χ2v) is 6.04. The van der Waals surface area contributed by atoms with E-state index in [0.29, 0.717) is 5.41 Å². The molecule has 0 aromatic carbocycles. The predicted octanol–water partition coefficient (Wildman–Crippen LogP) is 4.74. The summed E-state index contributed by atoms with van der Waals surface area (Å²) >= 11 is 0. The van der Waals surface area contributed by atoms with Gasteiger partial charge in [-0.05, 0) is 36.5 Å². The molecule has 1 radical (unpaired) electrons. The van der Waals surface area contributed by atoms with Crippen LogP contribution in [-0.4, -0.2) is 0 Å². The first-order valence-corrected chi connectivity index (χ1v) is 6.55. The maximum Gasteiger partial charge on any atom is -0.0199 e. The molecule has 2 aliphatic rings. The summed E-state index contributed by atoms with van der Waals surface area (Å²) in [4.78, 5) is 0. The molecule has 0 spiro atoms. The molecule has 0 nitrogen and oxygen atoms in total. The Kier molecular flexibility index (Phi) is 3.19. The highest BCUT2D eigenvalue weighted by molar-refractivity contribution is 5.14. The van der Waals surface area contributed by atoms with E-state index in [9.17, 15) is 0 Å². The van der Waals surface area contributed by atoms with Gasteiger partial charge in [-0.15, -0.1) is 0 Å². The molecule has 2 aliphatic carbocycles. The summed E-state index contributed by atoms with van der Waals surface area (Å²) in [6.45, 7) is 4.93. The summed E-state index contributed by atoms with van der Waals surface area (Å²) in [6, 6.07) is 0. The lowest BCUT2D eigenvalue weighted by Gasteiger charge is -2.52. The summed E-state index contributed by atoms with van der Waals surface area (Å²) in [5.41, 5.74) is 0.647. The number of hydrogen-bond donors (Lipinski definition) is 0. The van der Waals surface area contributed by atoms with Gasteiger partial charge in [0, 0.05) is 0 Å². The van der Waals surface area contributed by atoms with Gasteiger partial charge in [0.15, 0.2) is 0 Å². The van der Waals surface area contributed by atoms with Gasteiger partial charge in [0.05, 0.1) is 0 Å². The fraction of sp³-hybridized carbons (Fsp3) is 0.929. The summed E-state index contributed by atoms with van der Waals surface area (Å²) in [7, 11) is 0. The predicted molar refractivity (Wildman–Crippen MR) is 62.1 cm³/mol. The molecule has 0 saturated heterocycles. The van der Waals surface area contributed by atoms with Crippen LogP contribution in [0.4, 0.5) is 0 Å². The Balaban J connectivity index is 1.88. The van der Waals surface area contributed by atoms with Gasteiger partial charge in [0.25, 0.3) is 0 Å². The van der Waals surface area contributed by atoms with E-state index < -0.39 is 0 Å². The normalized spacial score (nSPS) is 34.3. The quantitative estimate of drug-likeness (QED) is 0.521. The summed E-state index contributed by atoms with van der Waals surface area (Å²) < 4.78 is 0. The molecule has 0 aromatic heterocycles. The van der Waals surface area contributed by atoms with Crippen LogP contribution >= 0.6 is 0 Å². The van der Waals surface area contributed by atoms with Gasteiger partial charge in [-0.3, -0.25) is 0 Å². The third-order valence-corrected chi connectivity index (χ3v) is 4.36. The highest BCUT2D eigenvalue weighted by Crippen LogP contribution is 2.56. The zero-order valence-corrected chi connectivity index (χ0v) is 9.94. The van der Waals surface area contributed by atoms with Crippen molar-refractivity contribution >= 4 is 0 Å². The fourth-order valence-corrected chi connectivity index (χ4v) is 3.52. The topological polar surface area (TPSA) is 0 Å². The Morgan fingerprint density at radius 3 is 2.29 bits per heavy atom. The van der Waals surface area contributed by atoms with Crippen LogP contribution in [0.5, 0.6) is 0 Å². The Morgan fingerprint density at radius 1 is 0.929 bits per heavy atom. The first-order chi connectivity index (χ1) is 6.70. The highest BCUT2D eigenvalue weighted by atomic mass is 14.5. The average molecular weight is 193 g/mol. The van der Waals surface area contributed by atoms with E-state index in [1.54, 1.807) is 0 Å². The van der Waals surface area contributed by atoms with Crippen LogP contribution < -0.4 is 0 Å². The standard InChI is InChI=1S/C14H25/c1-14(2)11-12-9-7-5-3-4-6-8-10-13(12)14/h13H,3-11H2,1-2H3. The molecule has 0 aliphatic heterocycles. The molecular formula is C14H25. The molecule has 0 aromatic rings. The lowest BCUT2D eigenvalue weighted by molar-refractivity contribution is 0.0852. The number of fused-ring (bicyclic) bond motifs is 1. The van der Waals surface area contributed by atoms with Crippen LogP contribution in [0.25, 0.3) is 0 Å². The molecule has 2 rings (SSSR count). The second-order valence-electron chi connectivity index (χ2n) is 6.04. The largest absolute Gasteiger partial charge is 0.0596 e.